The van der Waals surface area contributed by atoms with Crippen LogP contribution in [-0.2, 0) is 4.79 Å². The first-order valence-corrected chi connectivity index (χ1v) is 10.8. The van der Waals surface area contributed by atoms with E-state index in [0.717, 1.165) is 34.3 Å². The summed E-state index contributed by atoms with van der Waals surface area (Å²) in [4.78, 5) is 12.5. The molecule has 10 atom stereocenters. The summed E-state index contributed by atoms with van der Waals surface area (Å²) in [6.07, 6.45) is 8.80. The van der Waals surface area contributed by atoms with E-state index in [0.29, 0.717) is 16.2 Å². The second kappa shape index (κ2) is 2.22. The summed E-state index contributed by atoms with van der Waals surface area (Å²) >= 11 is 0. The van der Waals surface area contributed by atoms with Crippen molar-refractivity contribution in [3.05, 3.63) is 12.2 Å². The SMILES string of the molecule is CC1=[Si](C2C3CC4(C(N)=O)CC25C2C46C4C6(C3)C245)C(C)C=C1. The summed E-state index contributed by atoms with van der Waals surface area (Å²) in [6.45, 7) is 4.87. The van der Waals surface area contributed by atoms with Crippen molar-refractivity contribution in [1.82, 2.24) is 0 Å². The van der Waals surface area contributed by atoms with Crippen molar-refractivity contribution in [2.45, 2.75) is 44.2 Å². The van der Waals surface area contributed by atoms with E-state index in [9.17, 15) is 4.79 Å². The van der Waals surface area contributed by atoms with Gasteiger partial charge in [-0.3, -0.25) is 4.79 Å². The molecule has 6 bridgehead atoms. The predicted octanol–water partition coefficient (Wildman–Crippen LogP) is 2.12. The molecule has 2 N–H and O–H groups in total. The van der Waals surface area contributed by atoms with Crippen LogP contribution in [0.25, 0.3) is 0 Å². The Balaban J connectivity index is 1.41. The summed E-state index contributed by atoms with van der Waals surface area (Å²) < 4.78 is 0. The van der Waals surface area contributed by atoms with Crippen LogP contribution in [0.15, 0.2) is 12.2 Å². The van der Waals surface area contributed by atoms with Gasteiger partial charge in [-0.15, -0.1) is 0 Å². The Labute approximate surface area is 131 Å². The van der Waals surface area contributed by atoms with Crippen LogP contribution >= 0.6 is 0 Å². The molecular formula is C19H21NOSi. The Bertz CT molecular complexity index is 859. The largest absolute Gasteiger partial charge is 0.369 e. The normalized spacial score (nSPS) is 77.5. The highest BCUT2D eigenvalue weighted by molar-refractivity contribution is 6.77. The lowest BCUT2D eigenvalue weighted by atomic mass is 9.39. The summed E-state index contributed by atoms with van der Waals surface area (Å²) in [5, 5.41) is 1.72. The van der Waals surface area contributed by atoms with Crippen LogP contribution in [0.5, 0.6) is 0 Å². The quantitative estimate of drug-likeness (QED) is 0.780. The number of nitrogens with two attached hydrogens (primary N) is 1. The molecule has 1 amide bonds. The van der Waals surface area contributed by atoms with Gasteiger partial charge in [0.1, 0.15) is 0 Å². The molecule has 9 aliphatic carbocycles. The van der Waals surface area contributed by atoms with Crippen LogP contribution in [0.4, 0.5) is 0 Å². The van der Waals surface area contributed by atoms with Crippen LogP contribution < -0.4 is 5.73 Å². The first-order chi connectivity index (χ1) is 10.5. The first-order valence-electron chi connectivity index (χ1n) is 9.19. The standard InChI is InChI=1S/C19H21NOSi/c1-8-3-4-9(2)22(8)11-10-5-15(14(20)21)7-16(11)12-18(15)13-17(18,6-10)19(12,13)16/h3-4,8,10-13H,5-7H2,1-2H3,(H2,20,21). The van der Waals surface area contributed by atoms with Crippen molar-refractivity contribution in [2.75, 3.05) is 0 Å². The summed E-state index contributed by atoms with van der Waals surface area (Å²) in [5.74, 6) is 2.87. The molecule has 2 nitrogen and oxygen atoms in total. The van der Waals surface area contributed by atoms with Crippen LogP contribution in [0.2, 0.25) is 11.1 Å². The average molecular weight is 307 g/mol. The topological polar surface area (TPSA) is 43.1 Å². The van der Waals surface area contributed by atoms with Gasteiger partial charge in [0.15, 0.2) is 0 Å². The second-order valence-electron chi connectivity index (χ2n) is 10.2. The van der Waals surface area contributed by atoms with E-state index >= 15 is 0 Å². The smallest absolute Gasteiger partial charge is 0.224 e. The number of hydrogen-bond acceptors (Lipinski definition) is 1. The van der Waals surface area contributed by atoms with Gasteiger partial charge < -0.3 is 5.73 Å². The van der Waals surface area contributed by atoms with E-state index in [1.54, 1.807) is 5.17 Å². The molecule has 1 heterocycles. The van der Waals surface area contributed by atoms with Crippen LogP contribution in [0.3, 0.4) is 0 Å². The fraction of sp³-hybridized carbons (Fsp3) is 0.789. The molecular weight excluding hydrogens is 286 g/mol. The van der Waals surface area contributed by atoms with Crippen molar-refractivity contribution >= 4 is 19.5 Å². The Morgan fingerprint density at radius 3 is 2.82 bits per heavy atom. The maximum absolute atomic E-state index is 12.5. The van der Waals surface area contributed by atoms with Gasteiger partial charge >= 0.3 is 0 Å². The van der Waals surface area contributed by atoms with Crippen LogP contribution in [-0.4, -0.2) is 19.5 Å². The molecule has 10 unspecified atom stereocenters. The lowest BCUT2D eigenvalue weighted by Crippen LogP contribution is -2.65. The van der Waals surface area contributed by atoms with Gasteiger partial charge in [0.05, 0.1) is 5.41 Å². The van der Waals surface area contributed by atoms with E-state index in [-0.39, 0.29) is 11.3 Å². The number of amides is 1. The maximum atomic E-state index is 12.5. The highest BCUT2D eigenvalue weighted by Crippen LogP contribution is 3.37. The zero-order valence-electron chi connectivity index (χ0n) is 13.1. The highest BCUT2D eigenvalue weighted by atomic mass is 28.2. The predicted molar refractivity (Wildman–Crippen MR) is 84.4 cm³/mol. The number of hydrogen-bond donors (Lipinski definition) is 1. The Morgan fingerprint density at radius 1 is 1.32 bits per heavy atom. The molecule has 0 aromatic carbocycles. The zero-order valence-corrected chi connectivity index (χ0v) is 14.1. The molecule has 0 radical (unpaired) electrons. The molecule has 10 aliphatic rings. The molecule has 3 heteroatoms. The second-order valence-corrected chi connectivity index (χ2v) is 13.4. The number of primary amides is 1. The fourth-order valence-corrected chi connectivity index (χ4v) is 15.6. The minimum Gasteiger partial charge on any atom is -0.369 e. The van der Waals surface area contributed by atoms with E-state index in [2.05, 4.69) is 26.0 Å². The Kier molecular flexibility index (Phi) is 1.11. The van der Waals surface area contributed by atoms with Crippen molar-refractivity contribution in [3.8, 4) is 0 Å². The highest BCUT2D eigenvalue weighted by Gasteiger charge is 3.35. The molecule has 1 aliphatic heterocycles. The fourth-order valence-electron chi connectivity index (χ4n) is 11.5. The lowest BCUT2D eigenvalue weighted by Gasteiger charge is -2.65. The van der Waals surface area contributed by atoms with E-state index < -0.39 is 8.41 Å². The Hall–Kier alpha value is -0.703. The number of allylic oxidation sites excluding steroid dienone is 2. The molecule has 0 aromatic rings. The van der Waals surface area contributed by atoms with Gasteiger partial charge in [0.2, 0.25) is 5.91 Å². The van der Waals surface area contributed by atoms with E-state index in [1.807, 2.05) is 0 Å². The van der Waals surface area contributed by atoms with Crippen molar-refractivity contribution < 1.29 is 4.79 Å². The van der Waals surface area contributed by atoms with Crippen molar-refractivity contribution in [1.29, 1.82) is 0 Å². The molecule has 22 heavy (non-hydrogen) atoms. The molecule has 10 rings (SSSR count). The number of carbonyl (C=O) groups is 1. The zero-order chi connectivity index (χ0) is 14.7. The molecule has 9 fully saturated rings. The molecule has 9 saturated carbocycles. The lowest BCUT2D eigenvalue weighted by molar-refractivity contribution is -0.183. The summed E-state index contributed by atoms with van der Waals surface area (Å²) in [6, 6.07) is 0. The van der Waals surface area contributed by atoms with Crippen LogP contribution in [0, 0.1) is 44.8 Å². The van der Waals surface area contributed by atoms with Gasteiger partial charge in [-0.25, -0.2) is 0 Å². The third kappa shape index (κ3) is 0.495. The summed E-state index contributed by atoms with van der Waals surface area (Å²) in [7, 11) is -0.437. The number of carbonyl (C=O) groups excluding carboxylic acids is 1. The monoisotopic (exact) mass is 307 g/mol. The van der Waals surface area contributed by atoms with Gasteiger partial charge in [0, 0.05) is 8.41 Å². The number of rotatable bonds is 2. The minimum absolute atomic E-state index is 0.0344. The van der Waals surface area contributed by atoms with Gasteiger partial charge in [0.25, 0.3) is 0 Å². The molecule has 0 aromatic heterocycles. The van der Waals surface area contributed by atoms with Gasteiger partial charge in [-0.1, -0.05) is 24.2 Å². The van der Waals surface area contributed by atoms with Crippen LogP contribution in [0.1, 0.15) is 33.1 Å². The van der Waals surface area contributed by atoms with Crippen molar-refractivity contribution in [2.24, 2.45) is 50.6 Å². The van der Waals surface area contributed by atoms with Crippen molar-refractivity contribution in [3.63, 3.8) is 0 Å². The first kappa shape index (κ1) is 11.0. The molecule has 0 saturated heterocycles. The third-order valence-corrected chi connectivity index (χ3v) is 14.7. The van der Waals surface area contributed by atoms with E-state index in [1.165, 1.54) is 19.3 Å². The molecule has 112 valence electrons. The van der Waals surface area contributed by atoms with Gasteiger partial charge in [-0.2, -0.15) is 0 Å². The van der Waals surface area contributed by atoms with E-state index in [4.69, 9.17) is 5.73 Å². The Morgan fingerprint density at radius 2 is 2.14 bits per heavy atom. The summed E-state index contributed by atoms with van der Waals surface area (Å²) in [5.41, 5.74) is 10.4. The maximum Gasteiger partial charge on any atom is 0.224 e. The minimum atomic E-state index is -0.437. The average Bonchev–Trinajstić information content (AvgIpc) is 3.22. The van der Waals surface area contributed by atoms with Gasteiger partial charge in [-0.05, 0) is 76.7 Å². The molecule has 4 spiro atoms. The third-order valence-electron chi connectivity index (χ3n) is 10.8.